The molecule has 2 fully saturated rings. The van der Waals surface area contributed by atoms with E-state index in [1.54, 1.807) is 0 Å². The molecule has 1 heterocycles. The second-order valence-electron chi connectivity index (χ2n) is 4.36. The van der Waals surface area contributed by atoms with Crippen LogP contribution in [0.15, 0.2) is 0 Å². The molecule has 0 bridgehead atoms. The summed E-state index contributed by atoms with van der Waals surface area (Å²) in [5.74, 6) is 2.18. The molecule has 1 aromatic rings. The molecule has 76 valence electrons. The maximum Gasteiger partial charge on any atom is 0.220 e. The number of nitrogens with zero attached hydrogens (tertiary/aromatic N) is 2. The first kappa shape index (κ1) is 8.47. The van der Waals surface area contributed by atoms with Gasteiger partial charge in [0.25, 0.3) is 0 Å². The topological polar surface area (TPSA) is 59.6 Å². The van der Waals surface area contributed by atoms with E-state index >= 15 is 0 Å². The number of nitrogens with one attached hydrogen (secondary N) is 1. The van der Waals surface area contributed by atoms with E-state index < -0.39 is 0 Å². The van der Waals surface area contributed by atoms with Crippen molar-refractivity contribution in [2.45, 2.75) is 31.7 Å². The van der Waals surface area contributed by atoms with Gasteiger partial charge in [0.05, 0.1) is 0 Å². The van der Waals surface area contributed by atoms with Crippen LogP contribution in [-0.2, 0) is 0 Å². The van der Waals surface area contributed by atoms with Crippen molar-refractivity contribution < 1.29 is 0 Å². The molecule has 2 unspecified atom stereocenters. The first-order valence-corrected chi connectivity index (χ1v) is 5.62. The molecule has 0 saturated heterocycles. The van der Waals surface area contributed by atoms with E-state index in [-0.39, 0.29) is 0 Å². The van der Waals surface area contributed by atoms with Crippen molar-refractivity contribution in [2.24, 2.45) is 11.8 Å². The summed E-state index contributed by atoms with van der Waals surface area (Å²) in [7, 11) is 0. The van der Waals surface area contributed by atoms with Gasteiger partial charge in [-0.25, -0.2) is 5.10 Å². The van der Waals surface area contributed by atoms with Crippen LogP contribution < -0.4 is 5.73 Å². The zero-order valence-corrected chi connectivity index (χ0v) is 8.76. The number of nitrogen functional groups attached to an aromatic ring is 1. The molecule has 3 N–H and O–H groups in total. The van der Waals surface area contributed by atoms with E-state index in [2.05, 4.69) is 10.2 Å². The number of hydrogen-bond donors (Lipinski definition) is 2. The lowest BCUT2D eigenvalue weighted by Crippen LogP contribution is -2.03. The third-order valence-electron chi connectivity index (χ3n) is 3.64. The zero-order chi connectivity index (χ0) is 9.71. The van der Waals surface area contributed by atoms with Gasteiger partial charge < -0.3 is 5.73 Å². The van der Waals surface area contributed by atoms with Gasteiger partial charge in [0.2, 0.25) is 5.95 Å². The fourth-order valence-corrected chi connectivity index (χ4v) is 3.20. The Morgan fingerprint density at radius 1 is 1.36 bits per heavy atom. The summed E-state index contributed by atoms with van der Waals surface area (Å²) in [6, 6.07) is 0.545. The smallest absolute Gasteiger partial charge is 0.220 e. The van der Waals surface area contributed by atoms with E-state index in [0.717, 1.165) is 11.8 Å². The monoisotopic (exact) mass is 210 g/mol. The second kappa shape index (κ2) is 2.82. The summed E-state index contributed by atoms with van der Waals surface area (Å²) in [4.78, 5) is 0. The number of H-pyrrole nitrogens is 1. The Morgan fingerprint density at radius 3 is 2.50 bits per heavy atom. The van der Waals surface area contributed by atoms with Gasteiger partial charge >= 0.3 is 0 Å². The Balaban J connectivity index is 1.94. The lowest BCUT2D eigenvalue weighted by Gasteiger charge is -2.04. The zero-order valence-electron chi connectivity index (χ0n) is 7.94. The van der Waals surface area contributed by atoms with Gasteiger partial charge in [0.1, 0.15) is 0 Å². The highest BCUT2D eigenvalue weighted by molar-refractivity contribution is 7.71. The van der Waals surface area contributed by atoms with Crippen LogP contribution >= 0.6 is 12.2 Å². The van der Waals surface area contributed by atoms with Crippen LogP contribution in [0.5, 0.6) is 0 Å². The number of nitrogens with two attached hydrogens (primary N) is 1. The fraction of sp³-hybridized carbons (Fsp3) is 0.778. The largest absolute Gasteiger partial charge is 0.368 e. The lowest BCUT2D eigenvalue weighted by atomic mass is 10.0. The summed E-state index contributed by atoms with van der Waals surface area (Å²) < 4.78 is 2.69. The minimum absolute atomic E-state index is 0.545. The van der Waals surface area contributed by atoms with Crippen LogP contribution in [0.2, 0.25) is 0 Å². The van der Waals surface area contributed by atoms with E-state index in [1.165, 1.54) is 25.7 Å². The number of fused-ring (bicyclic) bond motifs is 1. The average Bonchev–Trinajstić information content (AvgIpc) is 2.82. The summed E-state index contributed by atoms with van der Waals surface area (Å²) in [6.07, 6.45) is 5.40. The summed E-state index contributed by atoms with van der Waals surface area (Å²) in [6.45, 7) is 0. The molecule has 0 spiro atoms. The summed E-state index contributed by atoms with van der Waals surface area (Å²) in [5, 5.41) is 6.72. The quantitative estimate of drug-likeness (QED) is 0.696. The van der Waals surface area contributed by atoms with E-state index in [1.807, 2.05) is 4.57 Å². The summed E-state index contributed by atoms with van der Waals surface area (Å²) in [5.41, 5.74) is 5.79. The van der Waals surface area contributed by atoms with Crippen LogP contribution in [-0.4, -0.2) is 14.8 Å². The molecule has 0 aromatic carbocycles. The molecule has 2 saturated carbocycles. The highest BCUT2D eigenvalue weighted by Gasteiger charge is 2.52. The van der Waals surface area contributed by atoms with Crippen LogP contribution in [0.1, 0.15) is 31.7 Å². The molecule has 14 heavy (non-hydrogen) atoms. The molecule has 1 aromatic heterocycles. The molecule has 3 rings (SSSR count). The molecular weight excluding hydrogens is 196 g/mol. The Morgan fingerprint density at radius 2 is 2.00 bits per heavy atom. The van der Waals surface area contributed by atoms with Gasteiger partial charge in [-0.05, 0) is 36.9 Å². The van der Waals surface area contributed by atoms with Crippen LogP contribution in [0, 0.1) is 16.6 Å². The fourth-order valence-electron chi connectivity index (χ4n) is 2.94. The predicted molar refractivity (Wildman–Crippen MR) is 56.3 cm³/mol. The molecule has 0 amide bonds. The van der Waals surface area contributed by atoms with Crippen molar-refractivity contribution in [3.05, 3.63) is 4.77 Å². The van der Waals surface area contributed by atoms with E-state index in [4.69, 9.17) is 18.0 Å². The number of anilines is 1. The van der Waals surface area contributed by atoms with Crippen LogP contribution in [0.3, 0.4) is 0 Å². The van der Waals surface area contributed by atoms with Gasteiger partial charge in [0.15, 0.2) is 4.77 Å². The highest BCUT2D eigenvalue weighted by atomic mass is 32.1. The van der Waals surface area contributed by atoms with Crippen molar-refractivity contribution >= 4 is 18.2 Å². The number of rotatable bonds is 1. The standard InChI is InChI=1S/C9H14N4S/c10-8-11-12-9(14)13(8)7-5-3-1-2-4-6(5)7/h5-7H,1-4H2,(H2,10,11)(H,12,14). The minimum atomic E-state index is 0.545. The first-order valence-electron chi connectivity index (χ1n) is 5.21. The third kappa shape index (κ3) is 1.05. The molecular formula is C9H14N4S. The Hall–Kier alpha value is -0.840. The molecule has 4 nitrogen and oxygen atoms in total. The van der Waals surface area contributed by atoms with Gasteiger partial charge in [-0.3, -0.25) is 4.57 Å². The van der Waals surface area contributed by atoms with Crippen LogP contribution in [0.4, 0.5) is 5.95 Å². The average molecular weight is 210 g/mol. The lowest BCUT2D eigenvalue weighted by molar-refractivity contribution is 0.480. The number of hydrogen-bond acceptors (Lipinski definition) is 3. The third-order valence-corrected chi connectivity index (χ3v) is 3.93. The van der Waals surface area contributed by atoms with Crippen LogP contribution in [0.25, 0.3) is 0 Å². The predicted octanol–water partition coefficient (Wildman–Crippen LogP) is 1.88. The minimum Gasteiger partial charge on any atom is -0.368 e. The molecule has 0 aliphatic heterocycles. The summed E-state index contributed by atoms with van der Waals surface area (Å²) >= 11 is 5.18. The Bertz CT molecular complexity index is 395. The van der Waals surface area contributed by atoms with Crippen molar-refractivity contribution in [3.63, 3.8) is 0 Å². The Kier molecular flexibility index (Phi) is 1.71. The maximum atomic E-state index is 5.79. The van der Waals surface area contributed by atoms with Gasteiger partial charge in [-0.15, -0.1) is 5.10 Å². The van der Waals surface area contributed by atoms with Crippen molar-refractivity contribution in [1.82, 2.24) is 14.8 Å². The normalized spacial score (nSPS) is 35.3. The molecule has 2 aliphatic carbocycles. The number of aromatic amines is 1. The molecule has 2 atom stereocenters. The SMILES string of the molecule is Nc1n[nH]c(=S)n1C1C2CCCCC21. The van der Waals surface area contributed by atoms with Crippen molar-refractivity contribution in [2.75, 3.05) is 5.73 Å². The molecule has 0 radical (unpaired) electrons. The van der Waals surface area contributed by atoms with E-state index in [9.17, 15) is 0 Å². The van der Waals surface area contributed by atoms with Gasteiger partial charge in [-0.2, -0.15) is 0 Å². The molecule has 2 aliphatic rings. The Labute approximate surface area is 87.5 Å². The van der Waals surface area contributed by atoms with Crippen molar-refractivity contribution in [1.29, 1.82) is 0 Å². The number of aromatic nitrogens is 3. The van der Waals surface area contributed by atoms with Gasteiger partial charge in [0, 0.05) is 6.04 Å². The maximum absolute atomic E-state index is 5.79. The second-order valence-corrected chi connectivity index (χ2v) is 4.75. The van der Waals surface area contributed by atoms with Gasteiger partial charge in [-0.1, -0.05) is 12.8 Å². The van der Waals surface area contributed by atoms with E-state index in [0.29, 0.717) is 16.8 Å². The molecule has 5 heteroatoms. The highest BCUT2D eigenvalue weighted by Crippen LogP contribution is 2.59. The first-order chi connectivity index (χ1) is 6.79. The van der Waals surface area contributed by atoms with Crippen molar-refractivity contribution in [3.8, 4) is 0 Å².